The van der Waals surface area contributed by atoms with Crippen LogP contribution in [-0.2, 0) is 0 Å². The molecule has 0 atom stereocenters. The van der Waals surface area contributed by atoms with E-state index in [-0.39, 0.29) is 6.30 Å². The van der Waals surface area contributed by atoms with Gasteiger partial charge in [0.15, 0.2) is 0 Å². The van der Waals surface area contributed by atoms with Crippen LogP contribution in [0.2, 0.25) is 0 Å². The van der Waals surface area contributed by atoms with Gasteiger partial charge in [-0.05, 0) is 12.8 Å². The van der Waals surface area contributed by atoms with Crippen molar-refractivity contribution in [3.63, 3.8) is 0 Å². The Bertz CT molecular complexity index is 81.3. The minimum absolute atomic E-state index is 0.190. The van der Waals surface area contributed by atoms with Crippen LogP contribution in [0.25, 0.3) is 0 Å². The molecule has 0 nitrogen and oxygen atoms in total. The largest absolute Gasteiger partial charge is 0.255 e. The molecule has 0 aromatic heterocycles. The molecule has 0 spiro atoms. The topological polar surface area (TPSA) is 0 Å². The van der Waals surface area contributed by atoms with E-state index in [9.17, 15) is 4.39 Å². The van der Waals surface area contributed by atoms with E-state index < -0.39 is 0 Å². The number of allylic oxidation sites excluding steroid dienone is 1. The first-order valence-electron chi connectivity index (χ1n) is 3.86. The fourth-order valence-electron chi connectivity index (χ4n) is 0.723. The maximum atomic E-state index is 11.5. The van der Waals surface area contributed by atoms with E-state index in [1.807, 2.05) is 5.70 Å². The summed E-state index contributed by atoms with van der Waals surface area (Å²) in [4.78, 5) is 0. The molecule has 0 fully saturated rings. The van der Waals surface area contributed by atoms with Crippen LogP contribution < -0.4 is 0 Å². The van der Waals surface area contributed by atoms with Gasteiger partial charge in [-0.25, -0.2) is 0 Å². The van der Waals surface area contributed by atoms with E-state index in [0.29, 0.717) is 9.52 Å². The van der Waals surface area contributed by atoms with E-state index in [2.05, 4.69) is 13.0 Å². The SMILES string of the molecule is CCCCCC=C[Si]CF. The maximum absolute atomic E-state index is 11.5. The molecule has 0 saturated heterocycles. The summed E-state index contributed by atoms with van der Waals surface area (Å²) < 4.78 is 11.5. The molecule has 0 aliphatic rings. The Hall–Kier alpha value is -0.113. The monoisotopic (exact) mass is 158 g/mol. The molecule has 0 aromatic rings. The summed E-state index contributed by atoms with van der Waals surface area (Å²) in [6.45, 7) is 2.19. The van der Waals surface area contributed by atoms with E-state index >= 15 is 0 Å². The Labute approximate surface area is 65.3 Å². The van der Waals surface area contributed by atoms with Gasteiger partial charge in [-0.2, -0.15) is 0 Å². The van der Waals surface area contributed by atoms with Gasteiger partial charge in [0.05, 0.1) is 6.30 Å². The first-order chi connectivity index (χ1) is 4.91. The fourth-order valence-corrected chi connectivity index (χ4v) is 1.15. The van der Waals surface area contributed by atoms with Crippen LogP contribution in [0, 0.1) is 0 Å². The molecule has 2 radical (unpaired) electrons. The number of rotatable bonds is 6. The smallest absolute Gasteiger partial charge is 0.111 e. The Morgan fingerprint density at radius 3 is 2.80 bits per heavy atom. The Morgan fingerprint density at radius 1 is 1.40 bits per heavy atom. The molecule has 0 amide bonds. The van der Waals surface area contributed by atoms with Gasteiger partial charge in [0.25, 0.3) is 0 Å². The Kier molecular flexibility index (Phi) is 8.79. The Morgan fingerprint density at radius 2 is 2.20 bits per heavy atom. The third-order valence-electron chi connectivity index (χ3n) is 1.29. The first-order valence-corrected chi connectivity index (χ1v) is 5.14. The van der Waals surface area contributed by atoms with Crippen LogP contribution in [0.5, 0.6) is 0 Å². The summed E-state index contributed by atoms with van der Waals surface area (Å²) in [5.41, 5.74) is 1.95. The molecule has 0 rings (SSSR count). The number of halogens is 1. The molecule has 2 heteroatoms. The number of alkyl halides is 1. The molecule has 0 N–H and O–H groups in total. The summed E-state index contributed by atoms with van der Waals surface area (Å²) in [7, 11) is 0.380. The molecule has 0 aromatic carbocycles. The van der Waals surface area contributed by atoms with Crippen molar-refractivity contribution in [3.05, 3.63) is 11.8 Å². The van der Waals surface area contributed by atoms with Crippen LogP contribution in [0.15, 0.2) is 11.8 Å². The molecule has 0 saturated carbocycles. The zero-order valence-electron chi connectivity index (χ0n) is 6.57. The van der Waals surface area contributed by atoms with Crippen LogP contribution >= 0.6 is 0 Å². The molecule has 0 bridgehead atoms. The van der Waals surface area contributed by atoms with Crippen LogP contribution in [0.1, 0.15) is 32.6 Å². The summed E-state index contributed by atoms with van der Waals surface area (Å²) in [6, 6.07) is 0. The lowest BCUT2D eigenvalue weighted by Gasteiger charge is -1.90. The highest BCUT2D eigenvalue weighted by Gasteiger charge is 1.81. The molecular weight excluding hydrogens is 143 g/mol. The molecule has 10 heavy (non-hydrogen) atoms. The second-order valence-electron chi connectivity index (χ2n) is 2.24. The highest BCUT2D eigenvalue weighted by Crippen LogP contribution is 1.98. The highest BCUT2D eigenvalue weighted by molar-refractivity contribution is 6.41. The van der Waals surface area contributed by atoms with Gasteiger partial charge in [-0.15, -0.1) is 0 Å². The standard InChI is InChI=1S/C8H15FSi/c1-2-3-4-5-6-7-10-8-9/h6-7H,2-5,8H2,1H3. The van der Waals surface area contributed by atoms with Gasteiger partial charge in [0.1, 0.15) is 9.52 Å². The first kappa shape index (κ1) is 9.89. The average molecular weight is 158 g/mol. The fraction of sp³-hybridized carbons (Fsp3) is 0.750. The molecule has 0 heterocycles. The zero-order chi connectivity index (χ0) is 7.66. The van der Waals surface area contributed by atoms with E-state index in [4.69, 9.17) is 0 Å². The molecule has 0 unspecified atom stereocenters. The van der Waals surface area contributed by atoms with Gasteiger partial charge < -0.3 is 0 Å². The van der Waals surface area contributed by atoms with Crippen molar-refractivity contribution in [1.29, 1.82) is 0 Å². The average Bonchev–Trinajstić information content (AvgIpc) is 1.97. The van der Waals surface area contributed by atoms with E-state index in [1.54, 1.807) is 0 Å². The summed E-state index contributed by atoms with van der Waals surface area (Å²) in [5.74, 6) is 0. The lowest BCUT2D eigenvalue weighted by molar-refractivity contribution is 0.595. The van der Waals surface area contributed by atoms with Crippen molar-refractivity contribution in [3.8, 4) is 0 Å². The number of hydrogen-bond donors (Lipinski definition) is 0. The number of hydrogen-bond acceptors (Lipinski definition) is 0. The van der Waals surface area contributed by atoms with Gasteiger partial charge in [0.2, 0.25) is 0 Å². The number of unbranched alkanes of at least 4 members (excludes halogenated alkanes) is 3. The van der Waals surface area contributed by atoms with Gasteiger partial charge in [0, 0.05) is 0 Å². The summed E-state index contributed by atoms with van der Waals surface area (Å²) >= 11 is 0. The van der Waals surface area contributed by atoms with Crippen LogP contribution in [-0.4, -0.2) is 15.8 Å². The quantitative estimate of drug-likeness (QED) is 0.412. The van der Waals surface area contributed by atoms with Crippen molar-refractivity contribution < 1.29 is 4.39 Å². The van der Waals surface area contributed by atoms with Gasteiger partial charge in [-0.3, -0.25) is 4.39 Å². The predicted molar refractivity (Wildman–Crippen MR) is 45.0 cm³/mol. The minimum Gasteiger partial charge on any atom is -0.255 e. The summed E-state index contributed by atoms with van der Waals surface area (Å²) in [6.07, 6.45) is 6.84. The van der Waals surface area contributed by atoms with Gasteiger partial charge >= 0.3 is 0 Å². The minimum atomic E-state index is -0.190. The normalized spacial score (nSPS) is 11.0. The van der Waals surface area contributed by atoms with Gasteiger partial charge in [-0.1, -0.05) is 31.5 Å². The second-order valence-corrected chi connectivity index (χ2v) is 3.24. The van der Waals surface area contributed by atoms with Crippen molar-refractivity contribution in [2.75, 3.05) is 6.30 Å². The third-order valence-corrected chi connectivity index (χ3v) is 1.91. The summed E-state index contributed by atoms with van der Waals surface area (Å²) in [5, 5.41) is 0. The van der Waals surface area contributed by atoms with Crippen molar-refractivity contribution in [2.24, 2.45) is 0 Å². The predicted octanol–water partition coefficient (Wildman–Crippen LogP) is 2.71. The molecule has 0 aliphatic heterocycles. The van der Waals surface area contributed by atoms with Crippen molar-refractivity contribution in [1.82, 2.24) is 0 Å². The maximum Gasteiger partial charge on any atom is 0.111 e. The lowest BCUT2D eigenvalue weighted by atomic mass is 10.2. The lowest BCUT2D eigenvalue weighted by Crippen LogP contribution is -1.85. The highest BCUT2D eigenvalue weighted by atomic mass is 28.2. The molecule has 58 valence electrons. The third kappa shape index (κ3) is 7.89. The van der Waals surface area contributed by atoms with E-state index in [0.717, 1.165) is 6.42 Å². The van der Waals surface area contributed by atoms with Crippen molar-refractivity contribution in [2.45, 2.75) is 32.6 Å². The van der Waals surface area contributed by atoms with E-state index in [1.165, 1.54) is 19.3 Å². The second kappa shape index (κ2) is 8.89. The molecule has 0 aliphatic carbocycles. The Balaban J connectivity index is 2.88. The van der Waals surface area contributed by atoms with Crippen LogP contribution in [0.3, 0.4) is 0 Å². The van der Waals surface area contributed by atoms with Crippen molar-refractivity contribution >= 4 is 9.52 Å². The zero-order valence-corrected chi connectivity index (χ0v) is 7.57. The van der Waals surface area contributed by atoms with Crippen LogP contribution in [0.4, 0.5) is 4.39 Å². The molecular formula is C8H15FSi.